The minimum absolute atomic E-state index is 0.0128. The number of halogens is 1. The number of hydrogen-bond donors (Lipinski definition) is 0. The van der Waals surface area contributed by atoms with Crippen LogP contribution in [0.25, 0.3) is 11.4 Å². The average Bonchev–Trinajstić information content (AvgIpc) is 2.95. The van der Waals surface area contributed by atoms with Gasteiger partial charge < -0.3 is 4.57 Å². The van der Waals surface area contributed by atoms with Crippen molar-refractivity contribution >= 4 is 27.8 Å². The lowest BCUT2D eigenvalue weighted by molar-refractivity contribution is -0.116. The maximum Gasteiger partial charge on any atom is 0.226 e. The van der Waals surface area contributed by atoms with Gasteiger partial charge in [0.05, 0.1) is 0 Å². The fourth-order valence-corrected chi connectivity index (χ4v) is 2.76. The van der Waals surface area contributed by atoms with Crippen LogP contribution in [0.4, 0.5) is 5.95 Å². The first-order chi connectivity index (χ1) is 8.58. The monoisotopic (exact) mass is 309 g/mol. The SMILES string of the molecule is CC(=O)N1CCn2c1nc(-c1ccn(C)n1)c2Br. The molecule has 0 aromatic carbocycles. The van der Waals surface area contributed by atoms with Gasteiger partial charge >= 0.3 is 0 Å². The van der Waals surface area contributed by atoms with E-state index in [1.54, 1.807) is 16.5 Å². The van der Waals surface area contributed by atoms with Crippen LogP contribution >= 0.6 is 15.9 Å². The number of anilines is 1. The standard InChI is InChI=1S/C11H12BrN5O/c1-7(18)16-5-6-17-10(12)9(13-11(16)17)8-3-4-15(2)14-8/h3-4H,5-6H2,1-2H3. The summed E-state index contributed by atoms with van der Waals surface area (Å²) in [5.41, 5.74) is 1.58. The summed E-state index contributed by atoms with van der Waals surface area (Å²) < 4.78 is 4.60. The fourth-order valence-electron chi connectivity index (χ4n) is 2.13. The molecule has 0 fully saturated rings. The first-order valence-corrected chi connectivity index (χ1v) is 6.41. The molecule has 0 radical (unpaired) electrons. The van der Waals surface area contributed by atoms with E-state index in [0.29, 0.717) is 12.5 Å². The Bertz CT molecular complexity index is 629. The van der Waals surface area contributed by atoms with E-state index in [-0.39, 0.29) is 5.91 Å². The van der Waals surface area contributed by atoms with Gasteiger partial charge in [-0.05, 0) is 22.0 Å². The highest BCUT2D eigenvalue weighted by atomic mass is 79.9. The number of aromatic nitrogens is 4. The molecule has 0 atom stereocenters. The largest absolute Gasteiger partial charge is 0.302 e. The Morgan fingerprint density at radius 3 is 2.83 bits per heavy atom. The molecule has 0 spiro atoms. The van der Waals surface area contributed by atoms with Crippen LogP contribution in [-0.2, 0) is 18.4 Å². The molecule has 0 bridgehead atoms. The second-order valence-corrected chi connectivity index (χ2v) is 5.00. The van der Waals surface area contributed by atoms with Crippen LogP contribution in [0.15, 0.2) is 16.9 Å². The van der Waals surface area contributed by atoms with Crippen molar-refractivity contribution in [3.05, 3.63) is 16.9 Å². The Kier molecular flexibility index (Phi) is 2.51. The van der Waals surface area contributed by atoms with E-state index >= 15 is 0 Å². The van der Waals surface area contributed by atoms with Crippen molar-refractivity contribution in [3.8, 4) is 11.4 Å². The molecular formula is C11H12BrN5O. The minimum atomic E-state index is 0.0128. The lowest BCUT2D eigenvalue weighted by atomic mass is 10.3. The number of carbonyl (C=O) groups is 1. The number of nitrogens with zero attached hydrogens (tertiary/aromatic N) is 5. The van der Waals surface area contributed by atoms with Gasteiger partial charge in [0.2, 0.25) is 11.9 Å². The Morgan fingerprint density at radius 1 is 1.44 bits per heavy atom. The number of amides is 1. The predicted molar refractivity (Wildman–Crippen MR) is 70.2 cm³/mol. The normalized spacial score (nSPS) is 14.1. The van der Waals surface area contributed by atoms with E-state index in [2.05, 4.69) is 26.0 Å². The van der Waals surface area contributed by atoms with Crippen molar-refractivity contribution in [2.24, 2.45) is 7.05 Å². The van der Waals surface area contributed by atoms with Crippen molar-refractivity contribution in [3.63, 3.8) is 0 Å². The van der Waals surface area contributed by atoms with Gasteiger partial charge in [-0.15, -0.1) is 0 Å². The van der Waals surface area contributed by atoms with Crippen LogP contribution in [0.2, 0.25) is 0 Å². The van der Waals surface area contributed by atoms with Gasteiger partial charge in [-0.3, -0.25) is 14.4 Å². The summed E-state index contributed by atoms with van der Waals surface area (Å²) in [6, 6.07) is 1.90. The molecule has 7 heteroatoms. The molecule has 1 aliphatic heterocycles. The predicted octanol–water partition coefficient (Wildman–Crippen LogP) is 1.41. The van der Waals surface area contributed by atoms with Crippen molar-refractivity contribution in [1.29, 1.82) is 0 Å². The maximum absolute atomic E-state index is 11.5. The van der Waals surface area contributed by atoms with Gasteiger partial charge in [-0.1, -0.05) is 0 Å². The van der Waals surface area contributed by atoms with Gasteiger partial charge in [0.1, 0.15) is 16.0 Å². The average molecular weight is 310 g/mol. The van der Waals surface area contributed by atoms with E-state index in [9.17, 15) is 4.79 Å². The van der Waals surface area contributed by atoms with Gasteiger partial charge in [-0.2, -0.15) is 5.10 Å². The molecule has 2 aromatic heterocycles. The van der Waals surface area contributed by atoms with Crippen LogP contribution in [0.5, 0.6) is 0 Å². The summed E-state index contributed by atoms with van der Waals surface area (Å²) in [5, 5.41) is 4.33. The second kappa shape index (κ2) is 3.94. The van der Waals surface area contributed by atoms with E-state index in [1.807, 2.05) is 23.9 Å². The molecule has 2 aromatic rings. The summed E-state index contributed by atoms with van der Waals surface area (Å²) in [4.78, 5) is 17.7. The number of rotatable bonds is 1. The molecule has 0 unspecified atom stereocenters. The van der Waals surface area contributed by atoms with Crippen LogP contribution in [0.3, 0.4) is 0 Å². The van der Waals surface area contributed by atoms with E-state index in [4.69, 9.17) is 0 Å². The highest BCUT2D eigenvalue weighted by Crippen LogP contribution is 2.34. The Labute approximate surface area is 112 Å². The van der Waals surface area contributed by atoms with Crippen molar-refractivity contribution in [2.75, 3.05) is 11.4 Å². The van der Waals surface area contributed by atoms with Crippen LogP contribution in [0, 0.1) is 0 Å². The van der Waals surface area contributed by atoms with Crippen molar-refractivity contribution < 1.29 is 4.79 Å². The highest BCUT2D eigenvalue weighted by molar-refractivity contribution is 9.10. The van der Waals surface area contributed by atoms with Gasteiger partial charge in [0.15, 0.2) is 0 Å². The molecule has 0 aliphatic carbocycles. The lowest BCUT2D eigenvalue weighted by Gasteiger charge is -2.09. The number of hydrogen-bond acceptors (Lipinski definition) is 3. The topological polar surface area (TPSA) is 56.0 Å². The Hall–Kier alpha value is -1.63. The van der Waals surface area contributed by atoms with Crippen molar-refractivity contribution in [2.45, 2.75) is 13.5 Å². The lowest BCUT2D eigenvalue weighted by Crippen LogP contribution is -2.26. The third kappa shape index (κ3) is 1.58. The maximum atomic E-state index is 11.5. The smallest absolute Gasteiger partial charge is 0.226 e. The fraction of sp³-hybridized carbons (Fsp3) is 0.364. The summed E-state index contributed by atoms with van der Waals surface area (Å²) >= 11 is 3.54. The summed E-state index contributed by atoms with van der Waals surface area (Å²) in [6.07, 6.45) is 1.87. The zero-order valence-corrected chi connectivity index (χ0v) is 11.7. The number of carbonyl (C=O) groups excluding carboxylic acids is 1. The minimum Gasteiger partial charge on any atom is -0.302 e. The molecule has 18 heavy (non-hydrogen) atoms. The molecule has 0 saturated heterocycles. The van der Waals surface area contributed by atoms with E-state index in [1.165, 1.54) is 0 Å². The quantitative estimate of drug-likeness (QED) is 0.800. The van der Waals surface area contributed by atoms with Gasteiger partial charge in [0.25, 0.3) is 0 Å². The molecule has 0 saturated carbocycles. The molecule has 0 N–H and O–H groups in total. The van der Waals surface area contributed by atoms with E-state index in [0.717, 1.165) is 22.5 Å². The third-order valence-electron chi connectivity index (χ3n) is 3.01. The number of aryl methyl sites for hydroxylation is 1. The molecular weight excluding hydrogens is 298 g/mol. The molecule has 6 nitrogen and oxygen atoms in total. The molecule has 94 valence electrons. The third-order valence-corrected chi connectivity index (χ3v) is 3.81. The molecule has 1 aliphatic rings. The Morgan fingerprint density at radius 2 is 2.22 bits per heavy atom. The van der Waals surface area contributed by atoms with Crippen molar-refractivity contribution in [1.82, 2.24) is 19.3 Å². The zero-order chi connectivity index (χ0) is 12.9. The van der Waals surface area contributed by atoms with Crippen LogP contribution < -0.4 is 4.90 Å². The first kappa shape index (κ1) is 11.5. The van der Waals surface area contributed by atoms with Gasteiger partial charge in [-0.25, -0.2) is 4.98 Å². The second-order valence-electron chi connectivity index (χ2n) is 4.25. The van der Waals surface area contributed by atoms with Crippen LogP contribution in [-0.4, -0.2) is 31.8 Å². The van der Waals surface area contributed by atoms with Crippen LogP contribution in [0.1, 0.15) is 6.92 Å². The zero-order valence-electron chi connectivity index (χ0n) is 10.1. The molecule has 3 rings (SSSR count). The molecule has 1 amide bonds. The highest BCUT2D eigenvalue weighted by Gasteiger charge is 2.29. The summed E-state index contributed by atoms with van der Waals surface area (Å²) in [7, 11) is 1.86. The number of fused-ring (bicyclic) bond motifs is 1. The summed E-state index contributed by atoms with van der Waals surface area (Å²) in [5.74, 6) is 0.703. The summed E-state index contributed by atoms with van der Waals surface area (Å²) in [6.45, 7) is 2.99. The Balaban J connectivity index is 2.10. The van der Waals surface area contributed by atoms with E-state index < -0.39 is 0 Å². The van der Waals surface area contributed by atoms with Gasteiger partial charge in [0, 0.05) is 33.3 Å². The molecule has 3 heterocycles. The number of imidazole rings is 1. The first-order valence-electron chi connectivity index (χ1n) is 5.62.